The maximum Gasteiger partial charge on any atom is 0.137 e. The van der Waals surface area contributed by atoms with Crippen molar-refractivity contribution < 1.29 is 0 Å². The van der Waals surface area contributed by atoms with E-state index in [2.05, 4.69) is 21.9 Å². The molecule has 2 rings (SSSR count). The fourth-order valence-electron chi connectivity index (χ4n) is 1.73. The van der Waals surface area contributed by atoms with Crippen LogP contribution in [0.3, 0.4) is 0 Å². The van der Waals surface area contributed by atoms with E-state index in [9.17, 15) is 0 Å². The minimum Gasteiger partial charge on any atom is -0.359 e. The molecule has 0 bridgehead atoms. The van der Waals surface area contributed by atoms with Gasteiger partial charge in [0.2, 0.25) is 0 Å². The summed E-state index contributed by atoms with van der Waals surface area (Å²) in [6, 6.07) is 0. The summed E-state index contributed by atoms with van der Waals surface area (Å²) in [5, 5.41) is 0.570. The third-order valence-corrected chi connectivity index (χ3v) is 3.13. The number of hydrogen-bond donors (Lipinski definition) is 0. The van der Waals surface area contributed by atoms with Crippen LogP contribution in [0.4, 0.5) is 5.82 Å². The molecule has 82 valence electrons. The highest BCUT2D eigenvalue weighted by molar-refractivity contribution is 6.30. The second kappa shape index (κ2) is 3.97. The van der Waals surface area contributed by atoms with Crippen molar-refractivity contribution in [1.82, 2.24) is 9.97 Å². The Labute approximate surface area is 95.5 Å². The van der Waals surface area contributed by atoms with Gasteiger partial charge in [0.1, 0.15) is 16.8 Å². The lowest BCUT2D eigenvalue weighted by Crippen LogP contribution is -2.22. The monoisotopic (exact) mass is 225 g/mol. The lowest BCUT2D eigenvalue weighted by atomic mass is 10.3. The Morgan fingerprint density at radius 1 is 1.33 bits per heavy atom. The number of rotatable bonds is 3. The van der Waals surface area contributed by atoms with E-state index in [1.54, 1.807) is 0 Å². The van der Waals surface area contributed by atoms with E-state index >= 15 is 0 Å². The first-order valence-electron chi connectivity index (χ1n) is 5.30. The Morgan fingerprint density at radius 3 is 2.60 bits per heavy atom. The topological polar surface area (TPSA) is 29.0 Å². The molecule has 0 aromatic carbocycles. The van der Waals surface area contributed by atoms with E-state index in [0.29, 0.717) is 5.15 Å². The first-order chi connectivity index (χ1) is 7.08. The Morgan fingerprint density at radius 2 is 2.00 bits per heavy atom. The Hall–Kier alpha value is -0.830. The van der Waals surface area contributed by atoms with Crippen LogP contribution >= 0.6 is 11.6 Å². The van der Waals surface area contributed by atoms with Crippen LogP contribution in [0.2, 0.25) is 5.15 Å². The average molecular weight is 226 g/mol. The van der Waals surface area contributed by atoms with Gasteiger partial charge in [-0.3, -0.25) is 0 Å². The molecule has 1 aliphatic carbocycles. The van der Waals surface area contributed by atoms with Gasteiger partial charge >= 0.3 is 0 Å². The fourth-order valence-corrected chi connectivity index (χ4v) is 1.93. The lowest BCUT2D eigenvalue weighted by molar-refractivity contribution is 0.769. The van der Waals surface area contributed by atoms with Crippen LogP contribution in [0, 0.1) is 19.8 Å². The van der Waals surface area contributed by atoms with Gasteiger partial charge in [-0.15, -0.1) is 0 Å². The summed E-state index contributed by atoms with van der Waals surface area (Å²) in [6.45, 7) is 4.92. The van der Waals surface area contributed by atoms with E-state index in [1.165, 1.54) is 12.8 Å². The second-order valence-corrected chi connectivity index (χ2v) is 4.69. The van der Waals surface area contributed by atoms with Crippen molar-refractivity contribution in [1.29, 1.82) is 0 Å². The highest BCUT2D eigenvalue weighted by Gasteiger charge is 2.24. The maximum absolute atomic E-state index is 6.04. The summed E-state index contributed by atoms with van der Waals surface area (Å²) in [7, 11) is 2.07. The molecule has 1 aromatic rings. The van der Waals surface area contributed by atoms with Gasteiger partial charge < -0.3 is 4.90 Å². The molecule has 0 N–H and O–H groups in total. The van der Waals surface area contributed by atoms with Crippen molar-refractivity contribution in [2.45, 2.75) is 26.7 Å². The predicted molar refractivity (Wildman–Crippen MR) is 62.5 cm³/mol. The molecule has 3 nitrogen and oxygen atoms in total. The number of nitrogens with zero attached hydrogens (tertiary/aromatic N) is 3. The molecule has 1 heterocycles. The fraction of sp³-hybridized carbons (Fsp3) is 0.636. The molecular formula is C11H16ClN3. The molecule has 1 saturated carbocycles. The van der Waals surface area contributed by atoms with Gasteiger partial charge in [-0.1, -0.05) is 11.6 Å². The molecule has 0 radical (unpaired) electrons. The smallest absolute Gasteiger partial charge is 0.137 e. The quantitative estimate of drug-likeness (QED) is 0.741. The van der Waals surface area contributed by atoms with Crippen LogP contribution in [-0.4, -0.2) is 23.6 Å². The number of anilines is 1. The SMILES string of the molecule is Cc1nc(Cl)c(C)c(N(C)CC2CC2)n1. The van der Waals surface area contributed by atoms with Crippen LogP contribution in [-0.2, 0) is 0 Å². The molecule has 0 spiro atoms. The standard InChI is InChI=1S/C11H16ClN3/c1-7-10(12)13-8(2)14-11(7)15(3)6-9-4-5-9/h9H,4-6H2,1-3H3. The van der Waals surface area contributed by atoms with Crippen LogP contribution in [0.5, 0.6) is 0 Å². The molecular weight excluding hydrogens is 210 g/mol. The zero-order valence-corrected chi connectivity index (χ0v) is 10.2. The van der Waals surface area contributed by atoms with Gasteiger partial charge in [-0.25, -0.2) is 9.97 Å². The summed E-state index contributed by atoms with van der Waals surface area (Å²) < 4.78 is 0. The van der Waals surface area contributed by atoms with Crippen molar-refractivity contribution in [2.75, 3.05) is 18.5 Å². The number of aromatic nitrogens is 2. The number of hydrogen-bond acceptors (Lipinski definition) is 3. The molecule has 1 fully saturated rings. The highest BCUT2D eigenvalue weighted by atomic mass is 35.5. The molecule has 0 aliphatic heterocycles. The summed E-state index contributed by atoms with van der Waals surface area (Å²) in [5.41, 5.74) is 0.977. The molecule has 0 saturated heterocycles. The van der Waals surface area contributed by atoms with Gasteiger partial charge in [0.25, 0.3) is 0 Å². The van der Waals surface area contributed by atoms with Crippen molar-refractivity contribution in [3.63, 3.8) is 0 Å². The van der Waals surface area contributed by atoms with E-state index in [-0.39, 0.29) is 0 Å². The van der Waals surface area contributed by atoms with Crippen molar-refractivity contribution >= 4 is 17.4 Å². The van der Waals surface area contributed by atoms with E-state index in [4.69, 9.17) is 11.6 Å². The minimum absolute atomic E-state index is 0.570. The van der Waals surface area contributed by atoms with Crippen LogP contribution in [0.25, 0.3) is 0 Å². The molecule has 0 unspecified atom stereocenters. The van der Waals surface area contributed by atoms with E-state index in [1.807, 2.05) is 13.8 Å². The molecule has 0 amide bonds. The van der Waals surface area contributed by atoms with Gasteiger partial charge in [-0.05, 0) is 32.6 Å². The Bertz CT molecular complexity index is 374. The molecule has 15 heavy (non-hydrogen) atoms. The molecule has 0 atom stereocenters. The summed E-state index contributed by atoms with van der Waals surface area (Å²) in [4.78, 5) is 10.8. The number of halogens is 1. The third-order valence-electron chi connectivity index (χ3n) is 2.76. The highest BCUT2D eigenvalue weighted by Crippen LogP contribution is 2.31. The number of aryl methyl sites for hydroxylation is 1. The van der Waals surface area contributed by atoms with Crippen LogP contribution < -0.4 is 4.90 Å². The maximum atomic E-state index is 6.04. The largest absolute Gasteiger partial charge is 0.359 e. The van der Waals surface area contributed by atoms with Gasteiger partial charge in [-0.2, -0.15) is 0 Å². The average Bonchev–Trinajstić information content (AvgIpc) is 2.94. The van der Waals surface area contributed by atoms with Crippen LogP contribution in [0.1, 0.15) is 24.2 Å². The van der Waals surface area contributed by atoms with E-state index < -0.39 is 0 Å². The van der Waals surface area contributed by atoms with Crippen molar-refractivity contribution in [2.24, 2.45) is 5.92 Å². The van der Waals surface area contributed by atoms with Gasteiger partial charge in [0.05, 0.1) is 0 Å². The summed E-state index contributed by atoms with van der Waals surface area (Å²) in [5.74, 6) is 2.56. The molecule has 1 aromatic heterocycles. The van der Waals surface area contributed by atoms with E-state index in [0.717, 1.165) is 29.7 Å². The van der Waals surface area contributed by atoms with Gasteiger partial charge in [0.15, 0.2) is 0 Å². The zero-order chi connectivity index (χ0) is 11.0. The summed E-state index contributed by atoms with van der Waals surface area (Å²) in [6.07, 6.45) is 2.70. The first kappa shape index (κ1) is 10.7. The van der Waals surface area contributed by atoms with Gasteiger partial charge in [0, 0.05) is 19.2 Å². The molecule has 4 heteroatoms. The zero-order valence-electron chi connectivity index (χ0n) is 9.42. The normalized spacial score (nSPS) is 15.5. The predicted octanol–water partition coefficient (Wildman–Crippen LogP) is 2.59. The summed E-state index contributed by atoms with van der Waals surface area (Å²) >= 11 is 6.04. The molecule has 1 aliphatic rings. The first-order valence-corrected chi connectivity index (χ1v) is 5.67. The second-order valence-electron chi connectivity index (χ2n) is 4.33. The van der Waals surface area contributed by atoms with Crippen molar-refractivity contribution in [3.05, 3.63) is 16.5 Å². The lowest BCUT2D eigenvalue weighted by Gasteiger charge is -2.20. The Kier molecular flexibility index (Phi) is 2.83. The van der Waals surface area contributed by atoms with Crippen molar-refractivity contribution in [3.8, 4) is 0 Å². The minimum atomic E-state index is 0.570. The third kappa shape index (κ3) is 2.40. The Balaban J connectivity index is 2.24. The van der Waals surface area contributed by atoms with Crippen LogP contribution in [0.15, 0.2) is 0 Å².